The largest absolute Gasteiger partial charge is 0.453 e. The van der Waals surface area contributed by atoms with Crippen molar-refractivity contribution < 1.29 is 22.3 Å². The van der Waals surface area contributed by atoms with Crippen LogP contribution in [0.4, 0.5) is 17.6 Å². The highest BCUT2D eigenvalue weighted by Gasteiger charge is 2.22. The molecule has 0 atom stereocenters. The van der Waals surface area contributed by atoms with E-state index in [9.17, 15) is 17.6 Å². The van der Waals surface area contributed by atoms with Crippen LogP contribution in [-0.4, -0.2) is 0 Å². The molecule has 0 spiro atoms. The van der Waals surface area contributed by atoms with Crippen molar-refractivity contribution in [1.82, 2.24) is 0 Å². The van der Waals surface area contributed by atoms with Crippen LogP contribution in [0.25, 0.3) is 11.1 Å². The lowest BCUT2D eigenvalue weighted by molar-refractivity contribution is 0.308. The summed E-state index contributed by atoms with van der Waals surface area (Å²) in [4.78, 5) is 0. The van der Waals surface area contributed by atoms with Gasteiger partial charge < -0.3 is 4.74 Å². The zero-order valence-electron chi connectivity index (χ0n) is 15.9. The van der Waals surface area contributed by atoms with E-state index in [1.165, 1.54) is 44.1 Å². The van der Waals surface area contributed by atoms with Gasteiger partial charge in [-0.25, -0.2) is 8.78 Å². The van der Waals surface area contributed by atoms with E-state index in [2.05, 4.69) is 11.7 Å². The van der Waals surface area contributed by atoms with Gasteiger partial charge in [-0.1, -0.05) is 44.0 Å². The van der Waals surface area contributed by atoms with Crippen molar-refractivity contribution in [2.75, 3.05) is 0 Å². The molecule has 0 saturated heterocycles. The molecule has 1 aliphatic carbocycles. The number of hydrogen-bond donors (Lipinski definition) is 0. The fourth-order valence-corrected chi connectivity index (χ4v) is 4.08. The summed E-state index contributed by atoms with van der Waals surface area (Å²) in [6.07, 6.45) is 5.26. The normalized spacial score (nSPS) is 19.3. The molecule has 1 aliphatic rings. The lowest BCUT2D eigenvalue weighted by Crippen LogP contribution is -2.13. The molecule has 0 radical (unpaired) electrons. The molecule has 0 unspecified atom stereocenters. The van der Waals surface area contributed by atoms with E-state index in [1.54, 1.807) is 0 Å². The molecular weight excluding hydrogens is 368 g/mol. The minimum atomic E-state index is -2.16. The highest BCUT2D eigenvalue weighted by Crippen LogP contribution is 2.38. The van der Waals surface area contributed by atoms with Crippen molar-refractivity contribution in [3.8, 4) is 16.9 Å². The van der Waals surface area contributed by atoms with Gasteiger partial charge in [-0.2, -0.15) is 8.78 Å². The Morgan fingerprint density at radius 2 is 1.57 bits per heavy atom. The second-order valence-corrected chi connectivity index (χ2v) is 7.42. The topological polar surface area (TPSA) is 9.23 Å². The van der Waals surface area contributed by atoms with Crippen LogP contribution in [0.1, 0.15) is 56.9 Å². The summed E-state index contributed by atoms with van der Waals surface area (Å²) in [5, 5.41) is 0. The summed E-state index contributed by atoms with van der Waals surface area (Å²) in [6.45, 7) is 2.23. The van der Waals surface area contributed by atoms with Gasteiger partial charge in [0.2, 0.25) is 0 Å². The lowest BCUT2D eigenvalue weighted by Gasteiger charge is -2.28. The van der Waals surface area contributed by atoms with Gasteiger partial charge in [0.25, 0.3) is 0 Å². The molecule has 1 saturated carbocycles. The molecule has 3 rings (SSSR count). The number of rotatable bonds is 6. The minimum absolute atomic E-state index is 0.0190. The molecule has 0 amide bonds. The van der Waals surface area contributed by atoms with Gasteiger partial charge in [0.05, 0.1) is 0 Å². The van der Waals surface area contributed by atoms with Gasteiger partial charge in [0.1, 0.15) is 0 Å². The van der Waals surface area contributed by atoms with E-state index < -0.39 is 23.5 Å². The van der Waals surface area contributed by atoms with Gasteiger partial charge in [-0.05, 0) is 66.3 Å². The van der Waals surface area contributed by atoms with Crippen molar-refractivity contribution >= 4 is 0 Å². The Morgan fingerprint density at radius 3 is 2.11 bits per heavy atom. The van der Waals surface area contributed by atoms with Crippen molar-refractivity contribution in [2.45, 2.75) is 51.4 Å². The standard InChI is InChI=1S/C23H24F4O/c1-2-3-15-4-6-16(7-5-15)17-8-10-18(11-9-17)19-12-20(24)23(21(25)13-19)28-14-22(26)27/h8-16H,2-7H2,1H3. The number of halogens is 4. The molecule has 5 heteroatoms. The molecule has 2 aromatic rings. The Morgan fingerprint density at radius 1 is 0.964 bits per heavy atom. The summed E-state index contributed by atoms with van der Waals surface area (Å²) in [5.74, 6) is -1.50. The molecule has 150 valence electrons. The molecule has 0 aliphatic heterocycles. The highest BCUT2D eigenvalue weighted by atomic mass is 19.3. The number of benzene rings is 2. The Balaban J connectivity index is 1.72. The molecule has 0 heterocycles. The van der Waals surface area contributed by atoms with E-state index in [4.69, 9.17) is 0 Å². The first kappa shape index (κ1) is 20.4. The van der Waals surface area contributed by atoms with Gasteiger partial charge >= 0.3 is 6.08 Å². The fraction of sp³-hybridized carbons (Fsp3) is 0.391. The summed E-state index contributed by atoms with van der Waals surface area (Å²) in [5.41, 5.74) is 2.26. The van der Waals surface area contributed by atoms with Crippen LogP contribution in [0.2, 0.25) is 0 Å². The number of hydrogen-bond acceptors (Lipinski definition) is 1. The molecule has 28 heavy (non-hydrogen) atoms. The predicted octanol–water partition coefficient (Wildman–Crippen LogP) is 7.82. The summed E-state index contributed by atoms with van der Waals surface area (Å²) in [6, 6.07) is 9.91. The molecule has 2 aromatic carbocycles. The number of ether oxygens (including phenoxy) is 1. The van der Waals surface area contributed by atoms with E-state index in [-0.39, 0.29) is 6.26 Å². The second-order valence-electron chi connectivity index (χ2n) is 7.42. The Bertz CT molecular complexity index is 794. The smallest absolute Gasteiger partial charge is 0.305 e. The van der Waals surface area contributed by atoms with Crippen molar-refractivity contribution in [3.63, 3.8) is 0 Å². The summed E-state index contributed by atoms with van der Waals surface area (Å²) in [7, 11) is 0. The van der Waals surface area contributed by atoms with Crippen LogP contribution in [-0.2, 0) is 0 Å². The quantitative estimate of drug-likeness (QED) is 0.360. The van der Waals surface area contributed by atoms with E-state index in [0.29, 0.717) is 17.0 Å². The third-order valence-corrected chi connectivity index (χ3v) is 5.52. The zero-order chi connectivity index (χ0) is 20.1. The zero-order valence-corrected chi connectivity index (χ0v) is 15.9. The Labute approximate surface area is 163 Å². The predicted molar refractivity (Wildman–Crippen MR) is 102 cm³/mol. The van der Waals surface area contributed by atoms with E-state index in [0.717, 1.165) is 18.1 Å². The van der Waals surface area contributed by atoms with Crippen LogP contribution in [0, 0.1) is 17.6 Å². The molecule has 0 bridgehead atoms. The molecule has 1 nitrogen and oxygen atoms in total. The first-order valence-electron chi connectivity index (χ1n) is 9.75. The van der Waals surface area contributed by atoms with E-state index >= 15 is 0 Å². The maximum Gasteiger partial charge on any atom is 0.305 e. The maximum atomic E-state index is 14.1. The van der Waals surface area contributed by atoms with Gasteiger partial charge in [0.15, 0.2) is 23.6 Å². The fourth-order valence-electron chi connectivity index (χ4n) is 4.08. The van der Waals surface area contributed by atoms with Crippen LogP contribution in [0.15, 0.2) is 48.7 Å². The van der Waals surface area contributed by atoms with Crippen molar-refractivity contribution in [3.05, 3.63) is 65.9 Å². The Kier molecular flexibility index (Phi) is 6.76. The highest BCUT2D eigenvalue weighted by molar-refractivity contribution is 5.65. The summed E-state index contributed by atoms with van der Waals surface area (Å²) < 4.78 is 56.7. The molecule has 0 N–H and O–H groups in total. The van der Waals surface area contributed by atoms with E-state index in [1.807, 2.05) is 24.3 Å². The van der Waals surface area contributed by atoms with Crippen LogP contribution in [0.5, 0.6) is 5.75 Å². The third kappa shape index (κ3) is 4.94. The minimum Gasteiger partial charge on any atom is -0.453 e. The molecule has 1 fully saturated rings. The van der Waals surface area contributed by atoms with Crippen LogP contribution < -0.4 is 4.74 Å². The lowest BCUT2D eigenvalue weighted by atomic mass is 9.77. The molecular formula is C23H24F4O. The van der Waals surface area contributed by atoms with Gasteiger partial charge in [-0.3, -0.25) is 0 Å². The average molecular weight is 392 g/mol. The third-order valence-electron chi connectivity index (χ3n) is 5.52. The molecule has 0 aromatic heterocycles. The second kappa shape index (κ2) is 9.26. The monoisotopic (exact) mass is 392 g/mol. The first-order chi connectivity index (χ1) is 13.5. The SMILES string of the molecule is CCCC1CCC(c2ccc(-c3cc(F)c(OC=C(F)F)c(F)c3)cc2)CC1. The maximum absolute atomic E-state index is 14.1. The first-order valence-corrected chi connectivity index (χ1v) is 9.75. The summed E-state index contributed by atoms with van der Waals surface area (Å²) >= 11 is 0. The van der Waals surface area contributed by atoms with Gasteiger partial charge in [0, 0.05) is 0 Å². The van der Waals surface area contributed by atoms with Crippen LogP contribution >= 0.6 is 0 Å². The van der Waals surface area contributed by atoms with Crippen molar-refractivity contribution in [2.24, 2.45) is 5.92 Å². The van der Waals surface area contributed by atoms with Crippen molar-refractivity contribution in [1.29, 1.82) is 0 Å². The van der Waals surface area contributed by atoms with Crippen LogP contribution in [0.3, 0.4) is 0 Å². The Hall–Kier alpha value is -2.30. The van der Waals surface area contributed by atoms with Gasteiger partial charge in [-0.15, -0.1) is 0 Å². The average Bonchev–Trinajstić information content (AvgIpc) is 2.68.